The number of carbonyl (C=O) groups excluding carboxylic acids is 1. The van der Waals surface area contributed by atoms with Gasteiger partial charge in [-0.2, -0.15) is 0 Å². The Bertz CT molecular complexity index is 457. The Balaban J connectivity index is 2.39. The summed E-state index contributed by atoms with van der Waals surface area (Å²) in [6, 6.07) is 5.45. The van der Waals surface area contributed by atoms with Gasteiger partial charge in [-0.25, -0.2) is 0 Å². The largest absolute Gasteiger partial charge is 0.495 e. The summed E-state index contributed by atoms with van der Waals surface area (Å²) in [5, 5.41) is 0. The number of rotatable bonds is 3. The number of nitrogens with two attached hydrogens (primary N) is 1. The van der Waals surface area contributed by atoms with Gasteiger partial charge in [-0.1, -0.05) is 26.0 Å². The maximum Gasteiger partial charge on any atom is 0.244 e. The molecular weight excluding hydrogens is 240 g/mol. The Morgan fingerprint density at radius 3 is 2.79 bits per heavy atom. The van der Waals surface area contributed by atoms with Crippen molar-refractivity contribution in [3.05, 3.63) is 23.8 Å². The fourth-order valence-electron chi connectivity index (χ4n) is 2.47. The minimum atomic E-state index is -0.462. The molecule has 0 aromatic heterocycles. The zero-order chi connectivity index (χ0) is 14.0. The van der Waals surface area contributed by atoms with Crippen LogP contribution in [0.15, 0.2) is 18.2 Å². The van der Waals surface area contributed by atoms with Crippen LogP contribution in [0.3, 0.4) is 0 Å². The summed E-state index contributed by atoms with van der Waals surface area (Å²) in [5.74, 6) is 0.870. The molecule has 4 nitrogen and oxygen atoms in total. The second kappa shape index (κ2) is 5.61. The molecule has 0 bridgehead atoms. The van der Waals surface area contributed by atoms with E-state index >= 15 is 0 Å². The highest BCUT2D eigenvalue weighted by atomic mass is 16.5. The lowest BCUT2D eigenvalue weighted by molar-refractivity contribution is -0.120. The Kier molecular flexibility index (Phi) is 4.10. The Labute approximate surface area is 114 Å². The van der Waals surface area contributed by atoms with Gasteiger partial charge in [-0.3, -0.25) is 4.79 Å². The third kappa shape index (κ3) is 2.59. The number of hydrogen-bond acceptors (Lipinski definition) is 3. The third-order valence-electron chi connectivity index (χ3n) is 3.67. The SMILES string of the molecule is COc1cccc2c1N(C(=O)C(N)C(C)C)CCC2. The van der Waals surface area contributed by atoms with Crippen molar-refractivity contribution in [2.24, 2.45) is 11.7 Å². The summed E-state index contributed by atoms with van der Waals surface area (Å²) in [5.41, 5.74) is 8.07. The van der Waals surface area contributed by atoms with Crippen LogP contribution in [-0.4, -0.2) is 25.6 Å². The molecule has 19 heavy (non-hydrogen) atoms. The molecule has 1 aromatic rings. The number of nitrogens with zero attached hydrogens (tertiary/aromatic N) is 1. The van der Waals surface area contributed by atoms with Crippen LogP contribution in [0.2, 0.25) is 0 Å². The van der Waals surface area contributed by atoms with E-state index in [0.717, 1.165) is 29.8 Å². The van der Waals surface area contributed by atoms with E-state index in [9.17, 15) is 4.79 Å². The summed E-state index contributed by atoms with van der Waals surface area (Å²) in [4.78, 5) is 14.3. The number of carbonyl (C=O) groups is 1. The number of para-hydroxylation sites is 1. The number of benzene rings is 1. The van der Waals surface area contributed by atoms with E-state index in [0.29, 0.717) is 6.54 Å². The lowest BCUT2D eigenvalue weighted by Gasteiger charge is -2.33. The van der Waals surface area contributed by atoms with Crippen LogP contribution in [0.4, 0.5) is 5.69 Å². The van der Waals surface area contributed by atoms with Gasteiger partial charge in [0, 0.05) is 6.54 Å². The van der Waals surface area contributed by atoms with Crippen LogP contribution in [0, 0.1) is 5.92 Å². The lowest BCUT2D eigenvalue weighted by Crippen LogP contribution is -2.48. The van der Waals surface area contributed by atoms with Gasteiger partial charge in [0.2, 0.25) is 5.91 Å². The molecule has 0 aliphatic carbocycles. The second-order valence-electron chi connectivity index (χ2n) is 5.33. The van der Waals surface area contributed by atoms with Crippen molar-refractivity contribution in [2.75, 3.05) is 18.6 Å². The monoisotopic (exact) mass is 262 g/mol. The molecule has 1 unspecified atom stereocenters. The quantitative estimate of drug-likeness (QED) is 0.906. The van der Waals surface area contributed by atoms with Crippen molar-refractivity contribution in [3.8, 4) is 5.75 Å². The average molecular weight is 262 g/mol. The molecule has 2 N–H and O–H groups in total. The van der Waals surface area contributed by atoms with Gasteiger partial charge in [-0.05, 0) is 30.4 Å². The van der Waals surface area contributed by atoms with Gasteiger partial charge in [-0.15, -0.1) is 0 Å². The van der Waals surface area contributed by atoms with Crippen molar-refractivity contribution < 1.29 is 9.53 Å². The molecule has 1 heterocycles. The van der Waals surface area contributed by atoms with Crippen LogP contribution < -0.4 is 15.4 Å². The first-order valence-corrected chi connectivity index (χ1v) is 6.79. The van der Waals surface area contributed by atoms with Crippen LogP contribution in [0.5, 0.6) is 5.75 Å². The predicted molar refractivity (Wildman–Crippen MR) is 76.5 cm³/mol. The molecule has 0 fully saturated rings. The number of fused-ring (bicyclic) bond motifs is 1. The highest BCUT2D eigenvalue weighted by Gasteiger charge is 2.30. The van der Waals surface area contributed by atoms with Crippen LogP contribution in [-0.2, 0) is 11.2 Å². The minimum absolute atomic E-state index is 0.0135. The zero-order valence-electron chi connectivity index (χ0n) is 11.8. The average Bonchev–Trinajstić information content (AvgIpc) is 2.44. The first kappa shape index (κ1) is 13.9. The number of hydrogen-bond donors (Lipinski definition) is 1. The van der Waals surface area contributed by atoms with Crippen LogP contribution in [0.25, 0.3) is 0 Å². The molecule has 104 valence electrons. The number of anilines is 1. The number of methoxy groups -OCH3 is 1. The number of aryl methyl sites for hydroxylation is 1. The highest BCUT2D eigenvalue weighted by Crippen LogP contribution is 2.36. The Morgan fingerprint density at radius 2 is 2.16 bits per heavy atom. The lowest BCUT2D eigenvalue weighted by atomic mass is 9.98. The summed E-state index contributed by atoms with van der Waals surface area (Å²) < 4.78 is 5.40. The third-order valence-corrected chi connectivity index (χ3v) is 3.67. The van der Waals surface area contributed by atoms with E-state index in [-0.39, 0.29) is 11.8 Å². The topological polar surface area (TPSA) is 55.6 Å². The molecule has 1 aromatic carbocycles. The van der Waals surface area contributed by atoms with Crippen molar-refractivity contribution in [1.82, 2.24) is 0 Å². The van der Waals surface area contributed by atoms with E-state index in [4.69, 9.17) is 10.5 Å². The van der Waals surface area contributed by atoms with Crippen molar-refractivity contribution in [3.63, 3.8) is 0 Å². The maximum absolute atomic E-state index is 12.5. The van der Waals surface area contributed by atoms with E-state index in [1.807, 2.05) is 26.0 Å². The molecule has 4 heteroatoms. The number of amides is 1. The van der Waals surface area contributed by atoms with Gasteiger partial charge in [0.05, 0.1) is 18.8 Å². The molecule has 1 aliphatic rings. The number of ether oxygens (including phenoxy) is 1. The Morgan fingerprint density at radius 1 is 1.42 bits per heavy atom. The van der Waals surface area contributed by atoms with E-state index < -0.39 is 6.04 Å². The van der Waals surface area contributed by atoms with E-state index in [1.54, 1.807) is 12.0 Å². The van der Waals surface area contributed by atoms with Crippen LogP contribution >= 0.6 is 0 Å². The van der Waals surface area contributed by atoms with E-state index in [2.05, 4.69) is 6.07 Å². The molecule has 0 radical (unpaired) electrons. The smallest absolute Gasteiger partial charge is 0.244 e. The molecular formula is C15H22N2O2. The molecule has 2 rings (SSSR count). The fourth-order valence-corrected chi connectivity index (χ4v) is 2.47. The molecule has 1 aliphatic heterocycles. The summed E-state index contributed by atoms with van der Waals surface area (Å²) in [7, 11) is 1.63. The van der Waals surface area contributed by atoms with Gasteiger partial charge in [0.1, 0.15) is 5.75 Å². The van der Waals surface area contributed by atoms with Gasteiger partial charge in [0.25, 0.3) is 0 Å². The summed E-state index contributed by atoms with van der Waals surface area (Å²) in [6.45, 7) is 4.65. The fraction of sp³-hybridized carbons (Fsp3) is 0.533. The van der Waals surface area contributed by atoms with Gasteiger partial charge in [0.15, 0.2) is 0 Å². The van der Waals surface area contributed by atoms with E-state index in [1.165, 1.54) is 0 Å². The van der Waals surface area contributed by atoms with Crippen LogP contribution in [0.1, 0.15) is 25.8 Å². The zero-order valence-corrected chi connectivity index (χ0v) is 11.8. The molecule has 0 spiro atoms. The Hall–Kier alpha value is -1.55. The second-order valence-corrected chi connectivity index (χ2v) is 5.33. The first-order valence-electron chi connectivity index (χ1n) is 6.79. The predicted octanol–water partition coefficient (Wildman–Crippen LogP) is 1.96. The van der Waals surface area contributed by atoms with Crippen molar-refractivity contribution in [1.29, 1.82) is 0 Å². The van der Waals surface area contributed by atoms with Gasteiger partial charge < -0.3 is 15.4 Å². The molecule has 1 amide bonds. The van der Waals surface area contributed by atoms with Crippen molar-refractivity contribution >= 4 is 11.6 Å². The minimum Gasteiger partial charge on any atom is -0.495 e. The first-order chi connectivity index (χ1) is 9.06. The standard InChI is InChI=1S/C15H22N2O2/c1-10(2)13(16)15(18)17-9-5-7-11-6-4-8-12(19-3)14(11)17/h4,6,8,10,13H,5,7,9,16H2,1-3H3. The maximum atomic E-state index is 12.5. The molecule has 1 atom stereocenters. The highest BCUT2D eigenvalue weighted by molar-refractivity contribution is 5.99. The normalized spacial score (nSPS) is 16.2. The van der Waals surface area contributed by atoms with Crippen molar-refractivity contribution in [2.45, 2.75) is 32.7 Å². The van der Waals surface area contributed by atoms with Gasteiger partial charge >= 0.3 is 0 Å². The molecule has 0 saturated heterocycles. The summed E-state index contributed by atoms with van der Waals surface area (Å²) >= 11 is 0. The summed E-state index contributed by atoms with van der Waals surface area (Å²) in [6.07, 6.45) is 1.95. The molecule has 0 saturated carbocycles.